The van der Waals surface area contributed by atoms with Gasteiger partial charge in [0.05, 0.1) is 17.7 Å². The first-order valence-electron chi connectivity index (χ1n) is 6.42. The van der Waals surface area contributed by atoms with Crippen LogP contribution in [0.4, 0.5) is 13.2 Å². The molecule has 122 valence electrons. The zero-order valence-electron chi connectivity index (χ0n) is 11.8. The fourth-order valence-electron chi connectivity index (χ4n) is 1.87. The number of hydrogen-bond acceptors (Lipinski definition) is 2. The van der Waals surface area contributed by atoms with Gasteiger partial charge in [0.2, 0.25) is 0 Å². The van der Waals surface area contributed by atoms with E-state index in [1.54, 1.807) is 0 Å². The SMILES string of the molecule is CC(C)CC[C@H](O)[C@H](N)c1cc(Cl)cc(C(F)(F)F)c1.Cl. The van der Waals surface area contributed by atoms with Crippen molar-refractivity contribution in [2.24, 2.45) is 11.7 Å². The first-order valence-corrected chi connectivity index (χ1v) is 6.80. The number of alkyl halides is 3. The normalized spacial score (nSPS) is 14.7. The van der Waals surface area contributed by atoms with Crippen LogP contribution in [0.25, 0.3) is 0 Å². The summed E-state index contributed by atoms with van der Waals surface area (Å²) in [5, 5.41) is 9.91. The molecule has 0 saturated heterocycles. The van der Waals surface area contributed by atoms with Crippen molar-refractivity contribution < 1.29 is 18.3 Å². The van der Waals surface area contributed by atoms with Gasteiger partial charge in [0.1, 0.15) is 0 Å². The first-order chi connectivity index (χ1) is 9.11. The summed E-state index contributed by atoms with van der Waals surface area (Å²) in [5.74, 6) is 0.391. The number of rotatable bonds is 5. The maximum absolute atomic E-state index is 12.7. The van der Waals surface area contributed by atoms with Crippen molar-refractivity contribution in [1.29, 1.82) is 0 Å². The standard InChI is InChI=1S/C14H19ClF3NO.ClH/c1-8(2)3-4-12(20)13(19)9-5-10(14(16,17)18)7-11(15)6-9;/h5-8,12-13,20H,3-4,19H2,1-2H3;1H/t12-,13+;/m0./s1. The summed E-state index contributed by atoms with van der Waals surface area (Å²) in [5.41, 5.74) is 5.17. The van der Waals surface area contributed by atoms with Crippen molar-refractivity contribution in [3.8, 4) is 0 Å². The highest BCUT2D eigenvalue weighted by Gasteiger charge is 2.32. The van der Waals surface area contributed by atoms with Gasteiger partial charge >= 0.3 is 6.18 Å². The first kappa shape index (κ1) is 20.5. The smallest absolute Gasteiger partial charge is 0.391 e. The Morgan fingerprint density at radius 3 is 2.24 bits per heavy atom. The fourth-order valence-corrected chi connectivity index (χ4v) is 2.12. The number of nitrogens with two attached hydrogens (primary N) is 1. The molecule has 3 N–H and O–H groups in total. The highest BCUT2D eigenvalue weighted by molar-refractivity contribution is 6.30. The van der Waals surface area contributed by atoms with Gasteiger partial charge in [-0.1, -0.05) is 25.4 Å². The Morgan fingerprint density at radius 1 is 1.19 bits per heavy atom. The molecule has 0 aromatic heterocycles. The highest BCUT2D eigenvalue weighted by Crippen LogP contribution is 2.33. The van der Waals surface area contributed by atoms with E-state index in [-0.39, 0.29) is 23.0 Å². The third-order valence-electron chi connectivity index (χ3n) is 3.09. The van der Waals surface area contributed by atoms with E-state index in [0.717, 1.165) is 18.6 Å². The molecule has 0 aliphatic carbocycles. The zero-order chi connectivity index (χ0) is 15.5. The predicted molar refractivity (Wildman–Crippen MR) is 80.7 cm³/mol. The molecule has 0 radical (unpaired) electrons. The molecule has 0 amide bonds. The Morgan fingerprint density at radius 2 is 1.76 bits per heavy atom. The Bertz CT molecular complexity index is 452. The minimum Gasteiger partial charge on any atom is -0.391 e. The van der Waals surface area contributed by atoms with Gasteiger partial charge in [0, 0.05) is 5.02 Å². The fraction of sp³-hybridized carbons (Fsp3) is 0.571. The summed E-state index contributed by atoms with van der Waals surface area (Å²) in [7, 11) is 0. The molecule has 1 aromatic carbocycles. The summed E-state index contributed by atoms with van der Waals surface area (Å²) in [6.07, 6.45) is -4.19. The third-order valence-corrected chi connectivity index (χ3v) is 3.30. The molecule has 0 saturated carbocycles. The maximum atomic E-state index is 12.7. The highest BCUT2D eigenvalue weighted by atomic mass is 35.5. The van der Waals surface area contributed by atoms with Crippen LogP contribution >= 0.6 is 24.0 Å². The Kier molecular flexibility index (Phi) is 8.03. The summed E-state index contributed by atoms with van der Waals surface area (Å²) in [6.45, 7) is 4.00. The van der Waals surface area contributed by atoms with Crippen molar-refractivity contribution >= 4 is 24.0 Å². The minimum atomic E-state index is -4.48. The van der Waals surface area contributed by atoms with E-state index in [0.29, 0.717) is 12.3 Å². The van der Waals surface area contributed by atoms with Gasteiger partial charge in [-0.15, -0.1) is 12.4 Å². The second kappa shape index (κ2) is 8.22. The van der Waals surface area contributed by atoms with Crippen molar-refractivity contribution in [2.75, 3.05) is 0 Å². The van der Waals surface area contributed by atoms with Gasteiger partial charge in [0.15, 0.2) is 0 Å². The van der Waals surface area contributed by atoms with E-state index in [9.17, 15) is 18.3 Å². The summed E-state index contributed by atoms with van der Waals surface area (Å²) < 4.78 is 38.1. The third kappa shape index (κ3) is 6.43. The molecule has 0 aliphatic rings. The molecule has 1 aromatic rings. The number of benzene rings is 1. The lowest BCUT2D eigenvalue weighted by atomic mass is 9.95. The van der Waals surface area contributed by atoms with E-state index in [2.05, 4.69) is 0 Å². The quantitative estimate of drug-likeness (QED) is 0.820. The number of hydrogen-bond donors (Lipinski definition) is 2. The molecule has 0 heterocycles. The molecule has 0 bridgehead atoms. The van der Waals surface area contributed by atoms with Crippen molar-refractivity contribution in [1.82, 2.24) is 0 Å². The Hall–Kier alpha value is -0.490. The zero-order valence-corrected chi connectivity index (χ0v) is 13.4. The monoisotopic (exact) mass is 345 g/mol. The number of aliphatic hydroxyl groups excluding tert-OH is 1. The maximum Gasteiger partial charge on any atom is 0.416 e. The van der Waals surface area contributed by atoms with Crippen LogP contribution in [-0.2, 0) is 6.18 Å². The molecular weight excluding hydrogens is 326 g/mol. The largest absolute Gasteiger partial charge is 0.416 e. The molecule has 2 nitrogen and oxygen atoms in total. The van der Waals surface area contributed by atoms with Gasteiger partial charge in [-0.25, -0.2) is 0 Å². The van der Waals surface area contributed by atoms with Gasteiger partial charge in [0.25, 0.3) is 0 Å². The van der Waals surface area contributed by atoms with Crippen LogP contribution in [0.3, 0.4) is 0 Å². The van der Waals surface area contributed by atoms with Crippen LogP contribution in [-0.4, -0.2) is 11.2 Å². The topological polar surface area (TPSA) is 46.2 Å². The van der Waals surface area contributed by atoms with Gasteiger partial charge < -0.3 is 10.8 Å². The molecule has 0 fully saturated rings. The molecule has 2 atom stereocenters. The van der Waals surface area contributed by atoms with E-state index in [1.165, 1.54) is 6.07 Å². The van der Waals surface area contributed by atoms with Crippen molar-refractivity contribution in [3.63, 3.8) is 0 Å². The van der Waals surface area contributed by atoms with Crippen LogP contribution in [0, 0.1) is 5.92 Å². The van der Waals surface area contributed by atoms with E-state index < -0.39 is 23.9 Å². The molecule has 1 rings (SSSR count). The van der Waals surface area contributed by atoms with Crippen molar-refractivity contribution in [2.45, 2.75) is 45.0 Å². The molecule has 7 heteroatoms. The Labute approximate surface area is 133 Å². The molecule has 0 unspecified atom stereocenters. The summed E-state index contributed by atoms with van der Waals surface area (Å²) >= 11 is 5.70. The molecule has 0 spiro atoms. The van der Waals surface area contributed by atoms with E-state index in [1.807, 2.05) is 13.8 Å². The Balaban J connectivity index is 0.00000400. The summed E-state index contributed by atoms with van der Waals surface area (Å²) in [6, 6.07) is 2.27. The van der Waals surface area contributed by atoms with Gasteiger partial charge in [-0.05, 0) is 42.5 Å². The predicted octanol–water partition coefficient (Wildman–Crippen LogP) is 4.58. The van der Waals surface area contributed by atoms with E-state index in [4.69, 9.17) is 17.3 Å². The average molecular weight is 346 g/mol. The number of halogens is 5. The van der Waals surface area contributed by atoms with Gasteiger partial charge in [-0.2, -0.15) is 13.2 Å². The lowest BCUT2D eigenvalue weighted by Crippen LogP contribution is -2.27. The second-order valence-electron chi connectivity index (χ2n) is 5.34. The van der Waals surface area contributed by atoms with Crippen LogP contribution in [0.1, 0.15) is 43.9 Å². The van der Waals surface area contributed by atoms with Crippen LogP contribution in [0.5, 0.6) is 0 Å². The van der Waals surface area contributed by atoms with Gasteiger partial charge in [-0.3, -0.25) is 0 Å². The second-order valence-corrected chi connectivity index (χ2v) is 5.77. The molecule has 21 heavy (non-hydrogen) atoms. The van der Waals surface area contributed by atoms with Crippen LogP contribution in [0.2, 0.25) is 5.02 Å². The number of aliphatic hydroxyl groups is 1. The lowest BCUT2D eigenvalue weighted by molar-refractivity contribution is -0.137. The van der Waals surface area contributed by atoms with Crippen molar-refractivity contribution in [3.05, 3.63) is 34.3 Å². The molecule has 0 aliphatic heterocycles. The summed E-state index contributed by atoms with van der Waals surface area (Å²) in [4.78, 5) is 0. The van der Waals surface area contributed by atoms with Crippen LogP contribution < -0.4 is 5.73 Å². The molecular formula is C14H20Cl2F3NO. The van der Waals surface area contributed by atoms with Crippen LogP contribution in [0.15, 0.2) is 18.2 Å². The minimum absolute atomic E-state index is 0. The van der Waals surface area contributed by atoms with E-state index >= 15 is 0 Å². The average Bonchev–Trinajstić information content (AvgIpc) is 2.33. The lowest BCUT2D eigenvalue weighted by Gasteiger charge is -2.21.